The minimum atomic E-state index is -0.00851. The molecule has 3 rings (SSSR count). The molecule has 1 aromatic heterocycles. The summed E-state index contributed by atoms with van der Waals surface area (Å²) >= 11 is 0. The van der Waals surface area contributed by atoms with E-state index in [9.17, 15) is 5.11 Å². The summed E-state index contributed by atoms with van der Waals surface area (Å²) in [7, 11) is 7.57. The fourth-order valence-corrected chi connectivity index (χ4v) is 3.01. The van der Waals surface area contributed by atoms with Crippen LogP contribution >= 0.6 is 0 Å². The molecule has 2 aromatic carbocycles. The maximum atomic E-state index is 10.1. The third kappa shape index (κ3) is 3.13. The van der Waals surface area contributed by atoms with Crippen molar-refractivity contribution < 1.29 is 33.3 Å². The topological polar surface area (TPSA) is 92.4 Å². The standard InChI is InChI=1S/C20H21NO7/c1-23-15-7-6-11(8-14(15)22)17-13(10-28-21-17)12-9-16(24-2)19(26-4)20(27-5)18(12)25-3/h6-10,22H,1-5H3. The van der Waals surface area contributed by atoms with E-state index < -0.39 is 0 Å². The molecule has 0 radical (unpaired) electrons. The first kappa shape index (κ1) is 19.2. The van der Waals surface area contributed by atoms with Gasteiger partial charge in [0.15, 0.2) is 23.0 Å². The summed E-state index contributed by atoms with van der Waals surface area (Å²) in [5.41, 5.74) is 2.40. The SMILES string of the molecule is COc1ccc(-c2nocc2-c2cc(OC)c(OC)c(OC)c2OC)cc1O. The van der Waals surface area contributed by atoms with Crippen LogP contribution in [0.5, 0.6) is 34.5 Å². The number of ether oxygens (including phenoxy) is 5. The Bertz CT molecular complexity index is 981. The lowest BCUT2D eigenvalue weighted by Gasteiger charge is -2.18. The van der Waals surface area contributed by atoms with E-state index in [0.717, 1.165) is 0 Å². The summed E-state index contributed by atoms with van der Waals surface area (Å²) in [4.78, 5) is 0. The number of phenolic OH excluding ortho intramolecular Hbond substituents is 1. The van der Waals surface area contributed by atoms with Crippen molar-refractivity contribution in [2.24, 2.45) is 0 Å². The molecule has 3 aromatic rings. The lowest BCUT2D eigenvalue weighted by atomic mass is 9.99. The highest BCUT2D eigenvalue weighted by atomic mass is 16.5. The van der Waals surface area contributed by atoms with Gasteiger partial charge in [0.2, 0.25) is 11.5 Å². The predicted octanol–water partition coefficient (Wildman–Crippen LogP) is 3.76. The molecule has 1 heterocycles. The zero-order valence-corrected chi connectivity index (χ0v) is 16.2. The summed E-state index contributed by atoms with van der Waals surface area (Å²) in [5, 5.41) is 14.2. The molecule has 8 nitrogen and oxygen atoms in total. The first-order chi connectivity index (χ1) is 13.6. The van der Waals surface area contributed by atoms with E-state index in [0.29, 0.717) is 51.1 Å². The first-order valence-electron chi connectivity index (χ1n) is 8.28. The molecule has 0 bridgehead atoms. The second-order valence-corrected chi connectivity index (χ2v) is 5.69. The average molecular weight is 387 g/mol. The normalized spacial score (nSPS) is 10.5. The van der Waals surface area contributed by atoms with Crippen molar-refractivity contribution >= 4 is 0 Å². The van der Waals surface area contributed by atoms with Crippen molar-refractivity contribution in [3.05, 3.63) is 30.5 Å². The van der Waals surface area contributed by atoms with Gasteiger partial charge in [0.1, 0.15) is 12.0 Å². The maximum Gasteiger partial charge on any atom is 0.207 e. The molecule has 0 aliphatic heterocycles. The summed E-state index contributed by atoms with van der Waals surface area (Å²) in [6.07, 6.45) is 1.49. The van der Waals surface area contributed by atoms with Crippen LogP contribution in [0, 0.1) is 0 Å². The van der Waals surface area contributed by atoms with Crippen LogP contribution in [0.1, 0.15) is 0 Å². The lowest BCUT2D eigenvalue weighted by Crippen LogP contribution is -2.00. The zero-order chi connectivity index (χ0) is 20.3. The van der Waals surface area contributed by atoms with E-state index in [-0.39, 0.29) is 5.75 Å². The first-order valence-corrected chi connectivity index (χ1v) is 8.28. The molecule has 0 aliphatic carbocycles. The van der Waals surface area contributed by atoms with Crippen LogP contribution in [0.4, 0.5) is 0 Å². The van der Waals surface area contributed by atoms with Crippen LogP contribution in [0.15, 0.2) is 35.1 Å². The van der Waals surface area contributed by atoms with E-state index in [1.165, 1.54) is 41.8 Å². The van der Waals surface area contributed by atoms with Crippen LogP contribution in [0.3, 0.4) is 0 Å². The van der Waals surface area contributed by atoms with Crippen LogP contribution in [-0.4, -0.2) is 45.8 Å². The van der Waals surface area contributed by atoms with Crippen molar-refractivity contribution in [1.82, 2.24) is 5.16 Å². The van der Waals surface area contributed by atoms with Crippen molar-refractivity contribution in [2.75, 3.05) is 35.5 Å². The molecule has 0 fully saturated rings. The number of aromatic hydroxyl groups is 1. The van der Waals surface area contributed by atoms with Gasteiger partial charge in [-0.25, -0.2) is 0 Å². The van der Waals surface area contributed by atoms with Gasteiger partial charge in [-0.05, 0) is 24.3 Å². The quantitative estimate of drug-likeness (QED) is 0.655. The zero-order valence-electron chi connectivity index (χ0n) is 16.2. The highest BCUT2D eigenvalue weighted by molar-refractivity contribution is 5.87. The van der Waals surface area contributed by atoms with Crippen LogP contribution in [0.25, 0.3) is 22.4 Å². The third-order valence-electron chi connectivity index (χ3n) is 4.30. The highest BCUT2D eigenvalue weighted by Crippen LogP contribution is 2.51. The summed E-state index contributed by atoms with van der Waals surface area (Å²) in [6.45, 7) is 0. The van der Waals surface area contributed by atoms with Crippen LogP contribution < -0.4 is 23.7 Å². The molecule has 148 valence electrons. The molecule has 0 atom stereocenters. The van der Waals surface area contributed by atoms with Gasteiger partial charge in [0, 0.05) is 11.1 Å². The molecular weight excluding hydrogens is 366 g/mol. The number of benzene rings is 2. The van der Waals surface area contributed by atoms with E-state index in [2.05, 4.69) is 5.16 Å². The van der Waals surface area contributed by atoms with E-state index in [1.807, 2.05) is 0 Å². The molecule has 0 saturated carbocycles. The second-order valence-electron chi connectivity index (χ2n) is 5.69. The molecule has 1 N–H and O–H groups in total. The summed E-state index contributed by atoms with van der Waals surface area (Å²) < 4.78 is 32.3. The Balaban J connectivity index is 2.24. The summed E-state index contributed by atoms with van der Waals surface area (Å²) in [6, 6.07) is 6.71. The Morgan fingerprint density at radius 2 is 1.43 bits per heavy atom. The van der Waals surface area contributed by atoms with Crippen molar-refractivity contribution in [1.29, 1.82) is 0 Å². The lowest BCUT2D eigenvalue weighted by molar-refractivity contribution is 0.306. The number of hydrogen-bond donors (Lipinski definition) is 1. The Labute approximate surface area is 162 Å². The van der Waals surface area contributed by atoms with Gasteiger partial charge in [0.05, 0.1) is 41.1 Å². The van der Waals surface area contributed by atoms with Crippen molar-refractivity contribution in [3.8, 4) is 56.9 Å². The Morgan fingerprint density at radius 1 is 0.750 bits per heavy atom. The molecule has 0 spiro atoms. The smallest absolute Gasteiger partial charge is 0.207 e. The van der Waals surface area contributed by atoms with E-state index in [1.54, 1.807) is 24.3 Å². The molecular formula is C20H21NO7. The largest absolute Gasteiger partial charge is 0.504 e. The monoisotopic (exact) mass is 387 g/mol. The molecule has 0 amide bonds. The average Bonchev–Trinajstić information content (AvgIpc) is 3.21. The van der Waals surface area contributed by atoms with Crippen LogP contribution in [0.2, 0.25) is 0 Å². The number of nitrogens with zero attached hydrogens (tertiary/aromatic N) is 1. The number of hydrogen-bond acceptors (Lipinski definition) is 8. The van der Waals surface area contributed by atoms with Gasteiger partial charge in [-0.1, -0.05) is 5.16 Å². The Morgan fingerprint density at radius 3 is 2.00 bits per heavy atom. The fourth-order valence-electron chi connectivity index (χ4n) is 3.01. The van der Waals surface area contributed by atoms with Gasteiger partial charge < -0.3 is 33.3 Å². The Kier molecular flexibility index (Phi) is 5.49. The second kappa shape index (κ2) is 7.99. The van der Waals surface area contributed by atoms with Gasteiger partial charge in [0.25, 0.3) is 0 Å². The van der Waals surface area contributed by atoms with Crippen molar-refractivity contribution in [3.63, 3.8) is 0 Å². The molecule has 0 unspecified atom stereocenters. The predicted molar refractivity (Wildman–Crippen MR) is 102 cm³/mol. The van der Waals surface area contributed by atoms with E-state index >= 15 is 0 Å². The molecule has 8 heteroatoms. The van der Waals surface area contributed by atoms with Crippen LogP contribution in [-0.2, 0) is 0 Å². The summed E-state index contributed by atoms with van der Waals surface area (Å²) in [5.74, 6) is 2.03. The third-order valence-corrected chi connectivity index (χ3v) is 4.30. The molecule has 28 heavy (non-hydrogen) atoms. The maximum absolute atomic E-state index is 10.1. The highest BCUT2D eigenvalue weighted by Gasteiger charge is 2.25. The minimum absolute atomic E-state index is 0.00851. The van der Waals surface area contributed by atoms with Gasteiger partial charge in [-0.15, -0.1) is 0 Å². The van der Waals surface area contributed by atoms with Crippen molar-refractivity contribution in [2.45, 2.75) is 0 Å². The number of aromatic nitrogens is 1. The fraction of sp³-hybridized carbons (Fsp3) is 0.250. The van der Waals surface area contributed by atoms with Gasteiger partial charge in [-0.3, -0.25) is 0 Å². The molecule has 0 aliphatic rings. The number of rotatable bonds is 7. The minimum Gasteiger partial charge on any atom is -0.504 e. The number of methoxy groups -OCH3 is 5. The van der Waals surface area contributed by atoms with E-state index in [4.69, 9.17) is 28.2 Å². The number of phenols is 1. The van der Waals surface area contributed by atoms with Gasteiger partial charge >= 0.3 is 0 Å². The van der Waals surface area contributed by atoms with Gasteiger partial charge in [-0.2, -0.15) is 0 Å². The Hall–Kier alpha value is -3.55. The molecule has 0 saturated heterocycles.